The van der Waals surface area contributed by atoms with Crippen LogP contribution in [0.3, 0.4) is 0 Å². The maximum atomic E-state index is 13.4. The van der Waals surface area contributed by atoms with Gasteiger partial charge in [-0.25, -0.2) is 17.5 Å². The summed E-state index contributed by atoms with van der Waals surface area (Å²) >= 11 is 0. The van der Waals surface area contributed by atoms with Crippen molar-refractivity contribution in [1.82, 2.24) is 14.1 Å². The average Bonchev–Trinajstić information content (AvgIpc) is 3.35. The highest BCUT2D eigenvalue weighted by Crippen LogP contribution is 2.47. The average molecular weight is 502 g/mol. The lowest BCUT2D eigenvalue weighted by Crippen LogP contribution is -2.42. The summed E-state index contributed by atoms with van der Waals surface area (Å²) in [5.41, 5.74) is 5.01. The second-order valence-electron chi connectivity index (χ2n) is 8.85. The first-order valence-electron chi connectivity index (χ1n) is 11.1. The third-order valence-corrected chi connectivity index (χ3v) is 8.45. The molecule has 0 amide bonds. The maximum absolute atomic E-state index is 13.4. The Labute approximate surface area is 196 Å². The van der Waals surface area contributed by atoms with Crippen molar-refractivity contribution in [3.8, 4) is 5.69 Å². The van der Waals surface area contributed by atoms with Crippen LogP contribution >= 0.6 is 0 Å². The summed E-state index contributed by atoms with van der Waals surface area (Å²) in [6.07, 6.45) is -1.00. The van der Waals surface area contributed by atoms with Crippen LogP contribution in [0.25, 0.3) is 5.69 Å². The normalized spacial score (nSPS) is 20.7. The Kier molecular flexibility index (Phi) is 6.90. The SMILES string of the molecule is COCCN(C[C@H]1CCC2=C1[C@@H](C)c1cnn(-c3ccc(F)cc3)c1C2)S(=O)(=O)CC(F)(F)F. The van der Waals surface area contributed by atoms with Gasteiger partial charge in [-0.2, -0.15) is 22.6 Å². The van der Waals surface area contributed by atoms with Crippen LogP contribution in [0, 0.1) is 11.7 Å². The number of sulfonamides is 1. The molecule has 1 heterocycles. The topological polar surface area (TPSA) is 64.4 Å². The number of rotatable bonds is 8. The van der Waals surface area contributed by atoms with Gasteiger partial charge in [0.25, 0.3) is 0 Å². The molecule has 6 nitrogen and oxygen atoms in total. The van der Waals surface area contributed by atoms with E-state index in [9.17, 15) is 26.0 Å². The van der Waals surface area contributed by atoms with Crippen molar-refractivity contribution in [3.05, 3.63) is 58.7 Å². The third-order valence-electron chi connectivity index (χ3n) is 6.64. The molecule has 0 fully saturated rings. The van der Waals surface area contributed by atoms with Crippen LogP contribution in [-0.2, 0) is 21.2 Å². The smallest absolute Gasteiger partial charge is 0.383 e. The molecule has 34 heavy (non-hydrogen) atoms. The van der Waals surface area contributed by atoms with E-state index in [4.69, 9.17) is 4.74 Å². The summed E-state index contributed by atoms with van der Waals surface area (Å²) in [5.74, 6) is -2.44. The first kappa shape index (κ1) is 24.9. The largest absolute Gasteiger partial charge is 0.404 e. The van der Waals surface area contributed by atoms with Crippen LogP contribution < -0.4 is 0 Å². The van der Waals surface area contributed by atoms with E-state index < -0.39 is 22.0 Å². The predicted octanol–water partition coefficient (Wildman–Crippen LogP) is 4.22. The molecule has 2 aliphatic rings. The van der Waals surface area contributed by atoms with E-state index in [1.54, 1.807) is 23.0 Å². The van der Waals surface area contributed by atoms with Gasteiger partial charge in [0.05, 0.1) is 24.2 Å². The molecule has 186 valence electrons. The van der Waals surface area contributed by atoms with Crippen molar-refractivity contribution in [3.63, 3.8) is 0 Å². The van der Waals surface area contributed by atoms with Crippen molar-refractivity contribution < 1.29 is 30.7 Å². The molecule has 11 heteroatoms. The van der Waals surface area contributed by atoms with Crippen molar-refractivity contribution in [1.29, 1.82) is 0 Å². The van der Waals surface area contributed by atoms with E-state index >= 15 is 0 Å². The molecule has 0 bridgehead atoms. The van der Waals surface area contributed by atoms with Gasteiger partial charge >= 0.3 is 6.18 Å². The monoisotopic (exact) mass is 501 g/mol. The summed E-state index contributed by atoms with van der Waals surface area (Å²) in [4.78, 5) is 0. The van der Waals surface area contributed by atoms with Crippen LogP contribution in [0.5, 0.6) is 0 Å². The van der Waals surface area contributed by atoms with Crippen LogP contribution in [0.15, 0.2) is 41.6 Å². The molecule has 0 radical (unpaired) electrons. The number of methoxy groups -OCH3 is 1. The van der Waals surface area contributed by atoms with Crippen molar-refractivity contribution >= 4 is 10.0 Å². The van der Waals surface area contributed by atoms with Gasteiger partial charge < -0.3 is 4.74 Å². The number of nitrogens with zero attached hydrogens (tertiary/aromatic N) is 3. The fraction of sp³-hybridized carbons (Fsp3) is 0.522. The number of hydrogen-bond donors (Lipinski definition) is 0. The van der Waals surface area contributed by atoms with E-state index in [1.807, 2.05) is 6.92 Å². The minimum Gasteiger partial charge on any atom is -0.383 e. The fourth-order valence-corrected chi connectivity index (χ4v) is 6.51. The molecule has 0 saturated carbocycles. The maximum Gasteiger partial charge on any atom is 0.404 e. The van der Waals surface area contributed by atoms with Crippen molar-refractivity contribution in [2.75, 3.05) is 32.6 Å². The van der Waals surface area contributed by atoms with Crippen molar-refractivity contribution in [2.45, 2.75) is 38.3 Å². The van der Waals surface area contributed by atoms with Gasteiger partial charge in [-0.05, 0) is 43.0 Å². The van der Waals surface area contributed by atoms with Gasteiger partial charge in [-0.1, -0.05) is 18.1 Å². The molecule has 2 aromatic rings. The summed E-state index contributed by atoms with van der Waals surface area (Å²) in [7, 11) is -3.15. The first-order chi connectivity index (χ1) is 16.0. The molecule has 0 saturated heterocycles. The van der Waals surface area contributed by atoms with E-state index in [0.717, 1.165) is 33.2 Å². The molecular weight excluding hydrogens is 474 g/mol. The van der Waals surface area contributed by atoms with E-state index in [1.165, 1.54) is 24.8 Å². The summed E-state index contributed by atoms with van der Waals surface area (Å²) in [6.45, 7) is 1.90. The molecule has 4 rings (SSSR count). The predicted molar refractivity (Wildman–Crippen MR) is 119 cm³/mol. The lowest BCUT2D eigenvalue weighted by Gasteiger charge is -2.30. The standard InChI is InChI=1S/C23H27F4N3O3S/c1-15-20-12-28-30(19-7-5-18(24)6-8-19)21(20)11-16-3-4-17(22(15)16)13-29(9-10-33-2)34(31,32)14-23(25,26)27/h5-8,12,15,17H,3-4,9-11,13-14H2,1-2H3/t15-,17+/m0/s1. The summed E-state index contributed by atoms with van der Waals surface area (Å²) < 4.78 is 84.9. The zero-order chi connectivity index (χ0) is 24.7. The third kappa shape index (κ3) is 5.06. The number of benzene rings is 1. The zero-order valence-electron chi connectivity index (χ0n) is 19.0. The molecule has 0 N–H and O–H groups in total. The highest BCUT2D eigenvalue weighted by atomic mass is 32.2. The summed E-state index contributed by atoms with van der Waals surface area (Å²) in [6, 6.07) is 6.07. The first-order valence-corrected chi connectivity index (χ1v) is 12.7. The highest BCUT2D eigenvalue weighted by Gasteiger charge is 2.41. The van der Waals surface area contributed by atoms with Crippen LogP contribution in [0.1, 0.15) is 36.9 Å². The highest BCUT2D eigenvalue weighted by molar-refractivity contribution is 7.89. The molecular formula is C23H27F4N3O3S. The number of allylic oxidation sites excluding steroid dienone is 1. The van der Waals surface area contributed by atoms with E-state index in [0.29, 0.717) is 12.8 Å². The second kappa shape index (κ2) is 9.43. The minimum absolute atomic E-state index is 0.00756. The Morgan fingerprint density at radius 1 is 1.24 bits per heavy atom. The minimum atomic E-state index is -4.81. The Morgan fingerprint density at radius 2 is 1.94 bits per heavy atom. The zero-order valence-corrected chi connectivity index (χ0v) is 19.8. The Balaban J connectivity index is 1.59. The number of ether oxygens (including phenoxy) is 1. The molecule has 0 aliphatic heterocycles. The molecule has 0 spiro atoms. The van der Waals surface area contributed by atoms with Gasteiger partial charge in [0, 0.05) is 38.1 Å². The van der Waals surface area contributed by atoms with Gasteiger partial charge in [0.15, 0.2) is 5.75 Å². The van der Waals surface area contributed by atoms with Gasteiger partial charge in [-0.3, -0.25) is 0 Å². The van der Waals surface area contributed by atoms with Crippen LogP contribution in [0.2, 0.25) is 0 Å². The van der Waals surface area contributed by atoms with Gasteiger partial charge in [0.2, 0.25) is 10.0 Å². The number of fused-ring (bicyclic) bond motifs is 1. The number of alkyl halides is 3. The number of aromatic nitrogens is 2. The van der Waals surface area contributed by atoms with Crippen LogP contribution in [-0.4, -0.2) is 61.2 Å². The number of hydrogen-bond acceptors (Lipinski definition) is 4. The molecule has 0 unspecified atom stereocenters. The lowest BCUT2D eigenvalue weighted by atomic mass is 9.80. The Bertz CT molecular complexity index is 1170. The lowest BCUT2D eigenvalue weighted by molar-refractivity contribution is -0.107. The second-order valence-corrected chi connectivity index (χ2v) is 10.8. The summed E-state index contributed by atoms with van der Waals surface area (Å²) in [5, 5.41) is 4.50. The van der Waals surface area contributed by atoms with Crippen molar-refractivity contribution in [2.24, 2.45) is 5.92 Å². The number of halogens is 4. The van der Waals surface area contributed by atoms with E-state index in [-0.39, 0.29) is 37.3 Å². The van der Waals surface area contributed by atoms with Gasteiger partial charge in [0.1, 0.15) is 5.82 Å². The van der Waals surface area contributed by atoms with Gasteiger partial charge in [-0.15, -0.1) is 0 Å². The van der Waals surface area contributed by atoms with Crippen LogP contribution in [0.4, 0.5) is 17.6 Å². The Hall–Kier alpha value is -2.24. The molecule has 2 atom stereocenters. The quantitative estimate of drug-likeness (QED) is 0.402. The molecule has 1 aromatic carbocycles. The molecule has 1 aromatic heterocycles. The molecule has 2 aliphatic carbocycles. The fourth-order valence-electron chi connectivity index (χ4n) is 5.16. The Morgan fingerprint density at radius 3 is 2.59 bits per heavy atom. The van der Waals surface area contributed by atoms with E-state index in [2.05, 4.69) is 5.10 Å².